The molecule has 0 radical (unpaired) electrons. The van der Waals surface area contributed by atoms with Crippen LogP contribution < -0.4 is 0 Å². The number of pyridine rings is 1. The van der Waals surface area contributed by atoms with Crippen LogP contribution in [0, 0.1) is 0 Å². The third-order valence-electron chi connectivity index (χ3n) is 2.02. The Labute approximate surface area is 109 Å². The summed E-state index contributed by atoms with van der Waals surface area (Å²) in [5.41, 5.74) is 1.14. The number of aromatic nitrogens is 1. The molecular formula is C12H9Cl2NS. The van der Waals surface area contributed by atoms with Gasteiger partial charge >= 0.3 is 0 Å². The second-order valence-electron chi connectivity index (χ2n) is 3.21. The Bertz CT molecular complexity index is 488. The minimum Gasteiger partial charge on any atom is -0.245 e. The molecule has 0 bridgehead atoms. The Kier molecular flexibility index (Phi) is 4.10. The van der Waals surface area contributed by atoms with Crippen molar-refractivity contribution >= 4 is 35.0 Å². The summed E-state index contributed by atoms with van der Waals surface area (Å²) in [6.45, 7) is 0. The van der Waals surface area contributed by atoms with Crippen LogP contribution in [0.3, 0.4) is 0 Å². The Morgan fingerprint density at radius 2 is 1.94 bits per heavy atom. The lowest BCUT2D eigenvalue weighted by atomic mass is 10.3. The van der Waals surface area contributed by atoms with Crippen LogP contribution in [0.2, 0.25) is 10.2 Å². The van der Waals surface area contributed by atoms with Gasteiger partial charge in [-0.25, -0.2) is 4.98 Å². The van der Waals surface area contributed by atoms with Crippen LogP contribution in [-0.2, 0) is 5.75 Å². The van der Waals surface area contributed by atoms with Crippen molar-refractivity contribution in [1.29, 1.82) is 0 Å². The number of halogens is 2. The topological polar surface area (TPSA) is 12.9 Å². The van der Waals surface area contributed by atoms with Crippen molar-refractivity contribution in [1.82, 2.24) is 4.98 Å². The first-order valence-electron chi connectivity index (χ1n) is 4.73. The predicted molar refractivity (Wildman–Crippen MR) is 70.3 cm³/mol. The van der Waals surface area contributed by atoms with E-state index in [4.69, 9.17) is 23.2 Å². The SMILES string of the molecule is Clc1cc(CSc2ccccc2Cl)ccn1. The molecular weight excluding hydrogens is 261 g/mol. The van der Waals surface area contributed by atoms with Gasteiger partial charge in [-0.3, -0.25) is 0 Å². The van der Waals surface area contributed by atoms with Gasteiger partial charge in [0.05, 0.1) is 5.02 Å². The number of nitrogens with zero attached hydrogens (tertiary/aromatic N) is 1. The van der Waals surface area contributed by atoms with Crippen LogP contribution in [0.25, 0.3) is 0 Å². The Morgan fingerprint density at radius 3 is 2.69 bits per heavy atom. The number of thioether (sulfide) groups is 1. The number of hydrogen-bond donors (Lipinski definition) is 0. The maximum Gasteiger partial charge on any atom is 0.129 e. The molecule has 1 aromatic carbocycles. The molecule has 0 saturated heterocycles. The summed E-state index contributed by atoms with van der Waals surface area (Å²) in [6, 6.07) is 11.6. The monoisotopic (exact) mass is 269 g/mol. The molecule has 0 amide bonds. The molecule has 0 aliphatic rings. The van der Waals surface area contributed by atoms with E-state index in [2.05, 4.69) is 4.98 Å². The summed E-state index contributed by atoms with van der Waals surface area (Å²) in [7, 11) is 0. The smallest absolute Gasteiger partial charge is 0.129 e. The molecule has 0 fully saturated rings. The molecule has 1 heterocycles. The predicted octanol–water partition coefficient (Wildman–Crippen LogP) is 4.68. The van der Waals surface area contributed by atoms with Gasteiger partial charge in [0.2, 0.25) is 0 Å². The minimum absolute atomic E-state index is 0.525. The average Bonchev–Trinajstić information content (AvgIpc) is 2.28. The van der Waals surface area contributed by atoms with Gasteiger partial charge in [0, 0.05) is 16.8 Å². The lowest BCUT2D eigenvalue weighted by Gasteiger charge is -2.03. The van der Waals surface area contributed by atoms with E-state index in [1.165, 1.54) is 0 Å². The highest BCUT2D eigenvalue weighted by Gasteiger charge is 2.01. The van der Waals surface area contributed by atoms with Gasteiger partial charge in [-0.15, -0.1) is 11.8 Å². The molecule has 16 heavy (non-hydrogen) atoms. The zero-order valence-electron chi connectivity index (χ0n) is 8.36. The van der Waals surface area contributed by atoms with Crippen molar-refractivity contribution in [3.05, 3.63) is 58.3 Å². The van der Waals surface area contributed by atoms with Gasteiger partial charge in [-0.2, -0.15) is 0 Å². The van der Waals surface area contributed by atoms with E-state index in [1.807, 2.05) is 36.4 Å². The van der Waals surface area contributed by atoms with Gasteiger partial charge in [0.1, 0.15) is 5.15 Å². The molecule has 1 nitrogen and oxygen atoms in total. The molecule has 82 valence electrons. The summed E-state index contributed by atoms with van der Waals surface area (Å²) in [4.78, 5) is 5.02. The van der Waals surface area contributed by atoms with Crippen LogP contribution in [-0.4, -0.2) is 4.98 Å². The molecule has 1 aromatic heterocycles. The fraction of sp³-hybridized carbons (Fsp3) is 0.0833. The number of benzene rings is 1. The fourth-order valence-corrected chi connectivity index (χ4v) is 2.63. The third kappa shape index (κ3) is 3.14. The van der Waals surface area contributed by atoms with Crippen molar-refractivity contribution in [2.45, 2.75) is 10.6 Å². The standard InChI is InChI=1S/C12H9Cl2NS/c13-10-3-1-2-4-11(10)16-8-9-5-6-15-12(14)7-9/h1-7H,8H2. The van der Waals surface area contributed by atoms with Crippen LogP contribution in [0.4, 0.5) is 0 Å². The first-order valence-corrected chi connectivity index (χ1v) is 6.47. The molecule has 0 unspecified atom stereocenters. The highest BCUT2D eigenvalue weighted by atomic mass is 35.5. The van der Waals surface area contributed by atoms with Crippen molar-refractivity contribution in [3.8, 4) is 0 Å². The van der Waals surface area contributed by atoms with E-state index in [9.17, 15) is 0 Å². The van der Waals surface area contributed by atoms with E-state index in [-0.39, 0.29) is 0 Å². The minimum atomic E-state index is 0.525. The van der Waals surface area contributed by atoms with Gasteiger partial charge in [0.25, 0.3) is 0 Å². The normalized spacial score (nSPS) is 10.4. The number of hydrogen-bond acceptors (Lipinski definition) is 2. The molecule has 0 N–H and O–H groups in total. The lowest BCUT2D eigenvalue weighted by molar-refractivity contribution is 1.27. The van der Waals surface area contributed by atoms with Crippen molar-refractivity contribution in [2.24, 2.45) is 0 Å². The summed E-state index contributed by atoms with van der Waals surface area (Å²) >= 11 is 13.6. The van der Waals surface area contributed by atoms with Crippen molar-refractivity contribution in [2.75, 3.05) is 0 Å². The molecule has 0 atom stereocenters. The van der Waals surface area contributed by atoms with Crippen LogP contribution in [0.5, 0.6) is 0 Å². The maximum atomic E-state index is 6.06. The third-order valence-corrected chi connectivity index (χ3v) is 3.81. The zero-order valence-corrected chi connectivity index (χ0v) is 10.7. The molecule has 0 aliphatic heterocycles. The summed E-state index contributed by atoms with van der Waals surface area (Å²) < 4.78 is 0. The first kappa shape index (κ1) is 11.8. The van der Waals surface area contributed by atoms with E-state index in [1.54, 1.807) is 18.0 Å². The Hall–Kier alpha value is -0.700. The molecule has 0 saturated carbocycles. The van der Waals surface area contributed by atoms with Crippen molar-refractivity contribution < 1.29 is 0 Å². The second kappa shape index (κ2) is 5.58. The quantitative estimate of drug-likeness (QED) is 0.593. The van der Waals surface area contributed by atoms with Crippen molar-refractivity contribution in [3.63, 3.8) is 0 Å². The van der Waals surface area contributed by atoms with Gasteiger partial charge < -0.3 is 0 Å². The van der Waals surface area contributed by atoms with Crippen LogP contribution in [0.1, 0.15) is 5.56 Å². The van der Waals surface area contributed by atoms with Gasteiger partial charge in [-0.05, 0) is 29.8 Å². The zero-order chi connectivity index (χ0) is 11.4. The van der Waals surface area contributed by atoms with E-state index >= 15 is 0 Å². The van der Waals surface area contributed by atoms with Crippen LogP contribution in [0.15, 0.2) is 47.5 Å². The Balaban J connectivity index is 2.05. The summed E-state index contributed by atoms with van der Waals surface area (Å²) in [5, 5.41) is 1.31. The largest absolute Gasteiger partial charge is 0.245 e. The molecule has 4 heteroatoms. The summed E-state index contributed by atoms with van der Waals surface area (Å²) in [6.07, 6.45) is 1.71. The summed E-state index contributed by atoms with van der Waals surface area (Å²) in [5.74, 6) is 0.839. The average molecular weight is 270 g/mol. The highest BCUT2D eigenvalue weighted by Crippen LogP contribution is 2.29. The second-order valence-corrected chi connectivity index (χ2v) is 5.02. The van der Waals surface area contributed by atoms with E-state index < -0.39 is 0 Å². The van der Waals surface area contributed by atoms with Gasteiger partial charge in [0.15, 0.2) is 0 Å². The Morgan fingerprint density at radius 1 is 1.12 bits per heavy atom. The van der Waals surface area contributed by atoms with Gasteiger partial charge in [-0.1, -0.05) is 35.3 Å². The molecule has 2 rings (SSSR count). The molecule has 2 aromatic rings. The maximum absolute atomic E-state index is 6.06. The number of rotatable bonds is 3. The first-order chi connectivity index (χ1) is 7.75. The van der Waals surface area contributed by atoms with E-state index in [0.29, 0.717) is 5.15 Å². The lowest BCUT2D eigenvalue weighted by Crippen LogP contribution is -1.83. The highest BCUT2D eigenvalue weighted by molar-refractivity contribution is 7.98. The van der Waals surface area contributed by atoms with E-state index in [0.717, 1.165) is 21.2 Å². The fourth-order valence-electron chi connectivity index (χ4n) is 1.26. The van der Waals surface area contributed by atoms with Crippen LogP contribution >= 0.6 is 35.0 Å². The molecule has 0 aliphatic carbocycles. The molecule has 0 spiro atoms.